The van der Waals surface area contributed by atoms with Gasteiger partial charge in [0.1, 0.15) is 11.6 Å². The summed E-state index contributed by atoms with van der Waals surface area (Å²) in [4.78, 5) is 12.3. The van der Waals surface area contributed by atoms with Crippen LogP contribution in [0.4, 0.5) is 14.5 Å². The van der Waals surface area contributed by atoms with E-state index in [4.69, 9.17) is 0 Å². The molecule has 1 aromatic heterocycles. The van der Waals surface area contributed by atoms with Crippen molar-refractivity contribution >= 4 is 23.4 Å². The van der Waals surface area contributed by atoms with Gasteiger partial charge in [-0.2, -0.15) is 0 Å². The summed E-state index contributed by atoms with van der Waals surface area (Å²) in [7, 11) is 0. The number of nitrogens with one attached hydrogen (secondary N) is 1. The molecule has 4 aromatic rings. The van der Waals surface area contributed by atoms with Crippen LogP contribution in [0.1, 0.15) is 5.56 Å². The average molecular weight is 436 g/mol. The molecule has 3 aromatic carbocycles. The van der Waals surface area contributed by atoms with Gasteiger partial charge < -0.3 is 5.32 Å². The molecule has 0 spiro atoms. The maximum atomic E-state index is 14.4. The van der Waals surface area contributed by atoms with Crippen LogP contribution < -0.4 is 5.32 Å². The maximum absolute atomic E-state index is 14.4. The number of anilines is 1. The van der Waals surface area contributed by atoms with Crippen LogP contribution in [-0.2, 0) is 11.3 Å². The van der Waals surface area contributed by atoms with E-state index in [-0.39, 0.29) is 17.3 Å². The lowest BCUT2D eigenvalue weighted by Crippen LogP contribution is -2.15. The average Bonchev–Trinajstić information content (AvgIpc) is 3.17. The smallest absolute Gasteiger partial charge is 0.234 e. The van der Waals surface area contributed by atoms with E-state index in [1.807, 2.05) is 30.3 Å². The first-order valence-electron chi connectivity index (χ1n) is 9.51. The molecule has 0 atom stereocenters. The fraction of sp³-hybridized carbons (Fsp3) is 0.0870. The Morgan fingerprint density at radius 1 is 0.871 bits per heavy atom. The lowest BCUT2D eigenvalue weighted by atomic mass is 10.2. The quantitative estimate of drug-likeness (QED) is 0.414. The topological polar surface area (TPSA) is 59.8 Å². The normalized spacial score (nSPS) is 10.8. The summed E-state index contributed by atoms with van der Waals surface area (Å²) in [5.41, 5.74) is 1.43. The van der Waals surface area contributed by atoms with Gasteiger partial charge in [0, 0.05) is 0 Å². The Hall–Kier alpha value is -3.52. The lowest BCUT2D eigenvalue weighted by Gasteiger charge is -2.11. The van der Waals surface area contributed by atoms with Gasteiger partial charge in [0.25, 0.3) is 0 Å². The summed E-state index contributed by atoms with van der Waals surface area (Å²) in [5.74, 6) is -0.915. The summed E-state index contributed by atoms with van der Waals surface area (Å²) in [6.45, 7) is 0.411. The Balaban J connectivity index is 1.57. The predicted molar refractivity (Wildman–Crippen MR) is 117 cm³/mol. The molecular formula is C23H18F2N4OS. The van der Waals surface area contributed by atoms with Crippen molar-refractivity contribution in [2.75, 3.05) is 11.1 Å². The van der Waals surface area contributed by atoms with E-state index in [9.17, 15) is 13.6 Å². The fourth-order valence-electron chi connectivity index (χ4n) is 3.02. The zero-order valence-corrected chi connectivity index (χ0v) is 17.2. The minimum Gasteiger partial charge on any atom is -0.323 e. The second-order valence-electron chi connectivity index (χ2n) is 6.67. The van der Waals surface area contributed by atoms with Crippen molar-refractivity contribution in [2.24, 2.45) is 0 Å². The first kappa shape index (κ1) is 20.7. The van der Waals surface area contributed by atoms with Gasteiger partial charge in [0.2, 0.25) is 5.91 Å². The van der Waals surface area contributed by atoms with Crippen LogP contribution in [0.2, 0.25) is 0 Å². The van der Waals surface area contributed by atoms with E-state index in [2.05, 4.69) is 15.5 Å². The molecule has 31 heavy (non-hydrogen) atoms. The number of carbonyl (C=O) groups excluding carboxylic acids is 1. The largest absolute Gasteiger partial charge is 0.323 e. The van der Waals surface area contributed by atoms with Crippen LogP contribution in [0.15, 0.2) is 84.0 Å². The molecule has 0 fully saturated rings. The fourth-order valence-corrected chi connectivity index (χ4v) is 3.76. The molecule has 8 heteroatoms. The van der Waals surface area contributed by atoms with Gasteiger partial charge in [0.15, 0.2) is 11.0 Å². The third-order valence-corrected chi connectivity index (χ3v) is 5.46. The Labute approximate surface area is 182 Å². The molecule has 4 rings (SSSR count). The lowest BCUT2D eigenvalue weighted by molar-refractivity contribution is -0.113. The van der Waals surface area contributed by atoms with Gasteiger partial charge >= 0.3 is 0 Å². The summed E-state index contributed by atoms with van der Waals surface area (Å²) >= 11 is 1.15. The molecule has 0 radical (unpaired) electrons. The molecule has 0 unspecified atom stereocenters. The highest BCUT2D eigenvalue weighted by Gasteiger charge is 2.18. The van der Waals surface area contributed by atoms with Gasteiger partial charge in [-0.25, -0.2) is 8.78 Å². The standard InChI is InChI=1S/C23H18F2N4OS/c24-18-11-5-4-10-17(18)22-27-28-23(29(22)14-16-8-2-1-3-9-16)31-15-21(30)26-20-13-7-6-12-19(20)25/h1-13H,14-15H2,(H,26,30). The highest BCUT2D eigenvalue weighted by atomic mass is 32.2. The minimum absolute atomic E-state index is 0.00146. The number of para-hydroxylation sites is 1. The van der Waals surface area contributed by atoms with E-state index in [1.165, 1.54) is 18.2 Å². The van der Waals surface area contributed by atoms with E-state index < -0.39 is 11.6 Å². The van der Waals surface area contributed by atoms with Crippen LogP contribution in [0, 0.1) is 11.6 Å². The van der Waals surface area contributed by atoms with E-state index in [0.29, 0.717) is 23.1 Å². The summed E-state index contributed by atoms with van der Waals surface area (Å²) in [6.07, 6.45) is 0. The number of benzene rings is 3. The van der Waals surface area contributed by atoms with Gasteiger partial charge in [-0.3, -0.25) is 9.36 Å². The zero-order chi connectivity index (χ0) is 21.6. The minimum atomic E-state index is -0.505. The molecule has 1 heterocycles. The Bertz CT molecular complexity index is 1200. The number of carbonyl (C=O) groups is 1. The highest BCUT2D eigenvalue weighted by molar-refractivity contribution is 7.99. The van der Waals surface area contributed by atoms with Crippen molar-refractivity contribution in [1.29, 1.82) is 0 Å². The van der Waals surface area contributed by atoms with Crippen molar-refractivity contribution in [1.82, 2.24) is 14.8 Å². The molecule has 5 nitrogen and oxygen atoms in total. The number of hydrogen-bond donors (Lipinski definition) is 1. The van der Waals surface area contributed by atoms with Crippen molar-refractivity contribution in [2.45, 2.75) is 11.7 Å². The number of aromatic nitrogens is 3. The Morgan fingerprint density at radius 3 is 2.29 bits per heavy atom. The number of thioether (sulfide) groups is 1. The molecule has 0 aliphatic carbocycles. The van der Waals surface area contributed by atoms with Gasteiger partial charge in [0.05, 0.1) is 23.5 Å². The molecule has 0 bridgehead atoms. The number of nitrogens with zero attached hydrogens (tertiary/aromatic N) is 3. The molecule has 1 N–H and O–H groups in total. The second-order valence-corrected chi connectivity index (χ2v) is 7.62. The first-order valence-corrected chi connectivity index (χ1v) is 10.5. The molecule has 0 aliphatic rings. The van der Waals surface area contributed by atoms with Crippen LogP contribution in [0.5, 0.6) is 0 Å². The van der Waals surface area contributed by atoms with Crippen LogP contribution in [-0.4, -0.2) is 26.4 Å². The molecule has 0 saturated carbocycles. The van der Waals surface area contributed by atoms with Crippen LogP contribution in [0.25, 0.3) is 11.4 Å². The van der Waals surface area contributed by atoms with Crippen LogP contribution in [0.3, 0.4) is 0 Å². The molecule has 0 aliphatic heterocycles. The molecule has 156 valence electrons. The van der Waals surface area contributed by atoms with Gasteiger partial charge in [-0.1, -0.05) is 66.4 Å². The summed E-state index contributed by atoms with van der Waals surface area (Å²) in [5, 5.41) is 11.4. The van der Waals surface area contributed by atoms with Crippen molar-refractivity contribution in [3.63, 3.8) is 0 Å². The van der Waals surface area contributed by atoms with E-state index in [0.717, 1.165) is 17.3 Å². The van der Waals surface area contributed by atoms with Gasteiger partial charge in [-0.15, -0.1) is 10.2 Å². The monoisotopic (exact) mass is 436 g/mol. The summed E-state index contributed by atoms with van der Waals surface area (Å²) < 4.78 is 29.9. The molecular weight excluding hydrogens is 418 g/mol. The van der Waals surface area contributed by atoms with Gasteiger partial charge in [-0.05, 0) is 29.8 Å². The highest BCUT2D eigenvalue weighted by Crippen LogP contribution is 2.27. The predicted octanol–water partition coefficient (Wildman–Crippen LogP) is 5.00. The zero-order valence-electron chi connectivity index (χ0n) is 16.3. The second kappa shape index (κ2) is 9.53. The number of halogens is 2. The third kappa shape index (κ3) is 4.97. The Morgan fingerprint density at radius 2 is 1.55 bits per heavy atom. The number of hydrogen-bond acceptors (Lipinski definition) is 4. The van der Waals surface area contributed by atoms with E-state index >= 15 is 0 Å². The van der Waals surface area contributed by atoms with Crippen molar-refractivity contribution in [3.8, 4) is 11.4 Å². The van der Waals surface area contributed by atoms with Crippen molar-refractivity contribution < 1.29 is 13.6 Å². The molecule has 1 amide bonds. The summed E-state index contributed by atoms with van der Waals surface area (Å²) in [6, 6.07) is 21.9. The van der Waals surface area contributed by atoms with Crippen LogP contribution >= 0.6 is 11.8 Å². The van der Waals surface area contributed by atoms with Crippen molar-refractivity contribution in [3.05, 3.63) is 96.1 Å². The number of amides is 1. The van der Waals surface area contributed by atoms with E-state index in [1.54, 1.807) is 34.9 Å². The molecule has 0 saturated heterocycles. The maximum Gasteiger partial charge on any atom is 0.234 e. The third-order valence-electron chi connectivity index (χ3n) is 4.50. The number of rotatable bonds is 7. The first-order chi connectivity index (χ1) is 15.1. The Kier molecular flexibility index (Phi) is 6.37. The SMILES string of the molecule is O=C(CSc1nnc(-c2ccccc2F)n1Cc1ccccc1)Nc1ccccc1F.